The minimum absolute atomic E-state index is 0.137. The van der Waals surface area contributed by atoms with Crippen LogP contribution in [-0.2, 0) is 0 Å². The van der Waals surface area contributed by atoms with E-state index in [1.807, 2.05) is 0 Å². The number of rotatable bonds is 2. The highest BCUT2D eigenvalue weighted by Gasteiger charge is 2.21. The van der Waals surface area contributed by atoms with Gasteiger partial charge in [-0.3, -0.25) is 0 Å². The Hall–Kier alpha value is -0.780. The summed E-state index contributed by atoms with van der Waals surface area (Å²) in [5, 5.41) is 13.3. The van der Waals surface area contributed by atoms with Crippen LogP contribution < -0.4 is 0 Å². The first-order valence-electron chi connectivity index (χ1n) is 4.45. The first kappa shape index (κ1) is 11.7. The van der Waals surface area contributed by atoms with E-state index in [1.165, 1.54) is 17.4 Å². The molecule has 0 aliphatic carbocycles. The monoisotopic (exact) mass is 304 g/mol. The topological polar surface area (TPSA) is 20.2 Å². The molecule has 1 nitrogen and oxygen atoms in total. The zero-order valence-corrected chi connectivity index (χ0v) is 10.4. The molecular weight excluding hydrogens is 298 g/mol. The highest BCUT2D eigenvalue weighted by Crippen LogP contribution is 2.31. The van der Waals surface area contributed by atoms with Crippen molar-refractivity contribution in [2.24, 2.45) is 0 Å². The highest BCUT2D eigenvalue weighted by molar-refractivity contribution is 9.10. The average molecular weight is 305 g/mol. The van der Waals surface area contributed by atoms with E-state index in [9.17, 15) is 13.9 Å². The van der Waals surface area contributed by atoms with E-state index in [0.717, 1.165) is 6.07 Å². The van der Waals surface area contributed by atoms with Crippen LogP contribution in [0.15, 0.2) is 33.4 Å². The lowest BCUT2D eigenvalue weighted by atomic mass is 10.0. The first-order valence-corrected chi connectivity index (χ1v) is 6.18. The minimum atomic E-state index is -1.27. The van der Waals surface area contributed by atoms with Crippen molar-refractivity contribution >= 4 is 27.3 Å². The molecule has 1 aromatic heterocycles. The number of hydrogen-bond donors (Lipinski definition) is 1. The fourth-order valence-corrected chi connectivity index (χ4v) is 2.42. The largest absolute Gasteiger partial charge is 0.383 e. The van der Waals surface area contributed by atoms with Gasteiger partial charge in [0.2, 0.25) is 0 Å². The summed E-state index contributed by atoms with van der Waals surface area (Å²) in [6.45, 7) is 0. The Bertz CT molecular complexity index is 499. The van der Waals surface area contributed by atoms with Crippen LogP contribution in [0.5, 0.6) is 0 Å². The summed E-state index contributed by atoms with van der Waals surface area (Å²) < 4.78 is 27.3. The van der Waals surface area contributed by atoms with Gasteiger partial charge in [0, 0.05) is 0 Å². The molecule has 0 radical (unpaired) electrons. The SMILES string of the molecule is OC(c1ccsc1)c1c(F)ccc(Br)c1F. The highest BCUT2D eigenvalue weighted by atomic mass is 79.9. The van der Waals surface area contributed by atoms with Gasteiger partial charge in [-0.2, -0.15) is 11.3 Å². The normalized spacial score (nSPS) is 12.8. The zero-order valence-electron chi connectivity index (χ0n) is 7.95. The molecule has 1 N–H and O–H groups in total. The number of benzene rings is 1. The maximum Gasteiger partial charge on any atom is 0.146 e. The van der Waals surface area contributed by atoms with Gasteiger partial charge in [0.05, 0.1) is 10.0 Å². The maximum absolute atomic E-state index is 13.7. The number of thiophene rings is 1. The van der Waals surface area contributed by atoms with Crippen molar-refractivity contribution in [3.8, 4) is 0 Å². The van der Waals surface area contributed by atoms with Crippen LogP contribution in [-0.4, -0.2) is 5.11 Å². The quantitative estimate of drug-likeness (QED) is 0.835. The fraction of sp³-hybridized carbons (Fsp3) is 0.0909. The third-order valence-corrected chi connectivity index (χ3v) is 3.53. The van der Waals surface area contributed by atoms with E-state index in [2.05, 4.69) is 15.9 Å². The maximum atomic E-state index is 13.7. The third-order valence-electron chi connectivity index (χ3n) is 2.21. The van der Waals surface area contributed by atoms with Gasteiger partial charge >= 0.3 is 0 Å². The summed E-state index contributed by atoms with van der Waals surface area (Å²) in [5.74, 6) is -1.52. The minimum Gasteiger partial charge on any atom is -0.383 e. The molecule has 1 heterocycles. The van der Waals surface area contributed by atoms with E-state index in [4.69, 9.17) is 0 Å². The summed E-state index contributed by atoms with van der Waals surface area (Å²) >= 11 is 4.32. The van der Waals surface area contributed by atoms with Gasteiger partial charge in [0.15, 0.2) is 0 Å². The molecule has 0 fully saturated rings. The van der Waals surface area contributed by atoms with E-state index < -0.39 is 17.7 Å². The smallest absolute Gasteiger partial charge is 0.146 e. The van der Waals surface area contributed by atoms with Crippen molar-refractivity contribution in [2.75, 3.05) is 0 Å². The van der Waals surface area contributed by atoms with Crippen molar-refractivity contribution in [1.29, 1.82) is 0 Å². The van der Waals surface area contributed by atoms with Crippen molar-refractivity contribution in [2.45, 2.75) is 6.10 Å². The van der Waals surface area contributed by atoms with Crippen LogP contribution in [0.3, 0.4) is 0 Å². The van der Waals surface area contributed by atoms with E-state index in [-0.39, 0.29) is 10.0 Å². The van der Waals surface area contributed by atoms with E-state index in [1.54, 1.807) is 16.8 Å². The Morgan fingerprint density at radius 2 is 2.00 bits per heavy atom. The van der Waals surface area contributed by atoms with E-state index in [0.29, 0.717) is 5.56 Å². The molecule has 16 heavy (non-hydrogen) atoms. The van der Waals surface area contributed by atoms with Gasteiger partial charge in [0.25, 0.3) is 0 Å². The number of halogens is 3. The van der Waals surface area contributed by atoms with Crippen molar-refractivity contribution in [1.82, 2.24) is 0 Å². The van der Waals surface area contributed by atoms with Gasteiger partial charge < -0.3 is 5.11 Å². The lowest BCUT2D eigenvalue weighted by Crippen LogP contribution is -2.05. The van der Waals surface area contributed by atoms with Gasteiger partial charge in [0.1, 0.15) is 17.7 Å². The second-order valence-electron chi connectivity index (χ2n) is 3.22. The first-order chi connectivity index (χ1) is 7.61. The van der Waals surface area contributed by atoms with Crippen molar-refractivity contribution in [3.63, 3.8) is 0 Å². The van der Waals surface area contributed by atoms with Crippen LogP contribution >= 0.6 is 27.3 Å². The van der Waals surface area contributed by atoms with Crippen molar-refractivity contribution in [3.05, 3.63) is 56.2 Å². The van der Waals surface area contributed by atoms with Crippen LogP contribution in [0.4, 0.5) is 8.78 Å². The van der Waals surface area contributed by atoms with Gasteiger partial charge in [-0.1, -0.05) is 0 Å². The molecule has 1 unspecified atom stereocenters. The lowest BCUT2D eigenvalue weighted by molar-refractivity contribution is 0.209. The summed E-state index contributed by atoms with van der Waals surface area (Å²) in [7, 11) is 0. The van der Waals surface area contributed by atoms with Gasteiger partial charge in [-0.05, 0) is 50.5 Å². The Balaban J connectivity index is 2.52. The molecular formula is C11H7BrF2OS. The molecule has 0 amide bonds. The Kier molecular flexibility index (Phi) is 3.37. The number of hydrogen-bond acceptors (Lipinski definition) is 2. The summed E-state index contributed by atoms with van der Waals surface area (Å²) in [6, 6.07) is 4.03. The molecule has 2 aromatic rings. The molecule has 0 aliphatic rings. The Morgan fingerprint density at radius 1 is 1.25 bits per heavy atom. The summed E-state index contributed by atoms with van der Waals surface area (Å²) in [5.41, 5.74) is 0.161. The molecule has 0 aliphatic heterocycles. The van der Waals surface area contributed by atoms with E-state index >= 15 is 0 Å². The van der Waals surface area contributed by atoms with Gasteiger partial charge in [-0.15, -0.1) is 0 Å². The van der Waals surface area contributed by atoms with Crippen LogP contribution in [0.1, 0.15) is 17.2 Å². The van der Waals surface area contributed by atoms with Crippen molar-refractivity contribution < 1.29 is 13.9 Å². The molecule has 0 saturated heterocycles. The lowest BCUT2D eigenvalue weighted by Gasteiger charge is -2.12. The molecule has 1 aromatic carbocycles. The predicted molar refractivity (Wildman–Crippen MR) is 62.4 cm³/mol. The van der Waals surface area contributed by atoms with Crippen LogP contribution in [0, 0.1) is 11.6 Å². The third kappa shape index (κ3) is 2.03. The summed E-state index contributed by atoms with van der Waals surface area (Å²) in [4.78, 5) is 0. The van der Waals surface area contributed by atoms with Gasteiger partial charge in [-0.25, -0.2) is 8.78 Å². The molecule has 5 heteroatoms. The standard InChI is InChI=1S/C11H7BrF2OS/c12-7-1-2-8(13)9(10(7)14)11(15)6-3-4-16-5-6/h1-5,11,15H. The number of aliphatic hydroxyl groups is 1. The molecule has 84 valence electrons. The molecule has 0 spiro atoms. The molecule has 0 saturated carbocycles. The molecule has 1 atom stereocenters. The zero-order chi connectivity index (χ0) is 11.7. The van der Waals surface area contributed by atoms with Crippen LogP contribution in [0.25, 0.3) is 0 Å². The van der Waals surface area contributed by atoms with Crippen LogP contribution in [0.2, 0.25) is 0 Å². The second kappa shape index (κ2) is 4.61. The Morgan fingerprint density at radius 3 is 2.62 bits per heavy atom. The Labute approximate surface area is 103 Å². The molecule has 2 rings (SSSR count). The molecule has 0 bridgehead atoms. The predicted octanol–water partition coefficient (Wildman–Crippen LogP) is 3.87. The summed E-state index contributed by atoms with van der Waals surface area (Å²) in [6.07, 6.45) is -1.27. The second-order valence-corrected chi connectivity index (χ2v) is 4.85. The average Bonchev–Trinajstić information content (AvgIpc) is 2.77. The fourth-order valence-electron chi connectivity index (χ4n) is 1.39. The number of aliphatic hydroxyl groups excluding tert-OH is 1.